The van der Waals surface area contributed by atoms with Gasteiger partial charge in [-0.3, -0.25) is 9.59 Å². The summed E-state index contributed by atoms with van der Waals surface area (Å²) >= 11 is 1.60. The first-order valence-electron chi connectivity index (χ1n) is 8.92. The monoisotopic (exact) mass is 354 g/mol. The molecule has 2 N–H and O–H groups in total. The lowest BCUT2D eigenvalue weighted by atomic mass is 9.93. The third-order valence-corrected chi connectivity index (χ3v) is 6.52. The molecule has 0 bridgehead atoms. The van der Waals surface area contributed by atoms with Crippen molar-refractivity contribution in [3.8, 4) is 0 Å². The SMILES string of the molecule is NC(=O)C1Cc2ccccc2CN1C(=O)c1cc2c(s1)CCCCC2. The van der Waals surface area contributed by atoms with Crippen LogP contribution >= 0.6 is 11.3 Å². The van der Waals surface area contributed by atoms with Gasteiger partial charge in [0.25, 0.3) is 5.91 Å². The van der Waals surface area contributed by atoms with Crippen LogP contribution in [-0.4, -0.2) is 22.8 Å². The van der Waals surface area contributed by atoms with Crippen molar-refractivity contribution in [2.24, 2.45) is 5.73 Å². The van der Waals surface area contributed by atoms with Crippen LogP contribution in [0.15, 0.2) is 30.3 Å². The molecule has 4 nitrogen and oxygen atoms in total. The number of benzene rings is 1. The molecule has 0 fully saturated rings. The second-order valence-corrected chi connectivity index (χ2v) is 8.08. The Balaban J connectivity index is 1.65. The fraction of sp³-hybridized carbons (Fsp3) is 0.400. The van der Waals surface area contributed by atoms with Crippen molar-refractivity contribution in [1.29, 1.82) is 0 Å². The van der Waals surface area contributed by atoms with Gasteiger partial charge in [0, 0.05) is 17.8 Å². The third-order valence-electron chi connectivity index (χ3n) is 5.30. The number of carbonyl (C=O) groups excluding carboxylic acids is 2. The minimum atomic E-state index is -0.565. The van der Waals surface area contributed by atoms with E-state index in [1.165, 1.54) is 29.7 Å². The molecule has 0 spiro atoms. The van der Waals surface area contributed by atoms with Gasteiger partial charge in [0.15, 0.2) is 0 Å². The van der Waals surface area contributed by atoms with E-state index in [9.17, 15) is 9.59 Å². The summed E-state index contributed by atoms with van der Waals surface area (Å²) in [6.45, 7) is 0.450. The average Bonchev–Trinajstić information content (AvgIpc) is 2.90. The fourth-order valence-electron chi connectivity index (χ4n) is 3.90. The highest BCUT2D eigenvalue weighted by Crippen LogP contribution is 2.32. The highest BCUT2D eigenvalue weighted by molar-refractivity contribution is 7.14. The first-order valence-corrected chi connectivity index (χ1v) is 9.74. The van der Waals surface area contributed by atoms with Crippen molar-refractivity contribution < 1.29 is 9.59 Å². The summed E-state index contributed by atoms with van der Waals surface area (Å²) in [6, 6.07) is 9.46. The van der Waals surface area contributed by atoms with Crippen LogP contribution in [0.3, 0.4) is 0 Å². The summed E-state index contributed by atoms with van der Waals surface area (Å²) in [6.07, 6.45) is 6.27. The average molecular weight is 354 g/mol. The van der Waals surface area contributed by atoms with Gasteiger partial charge >= 0.3 is 0 Å². The van der Waals surface area contributed by atoms with Crippen LogP contribution in [0.2, 0.25) is 0 Å². The van der Waals surface area contributed by atoms with E-state index in [2.05, 4.69) is 0 Å². The first kappa shape index (κ1) is 16.3. The van der Waals surface area contributed by atoms with Crippen molar-refractivity contribution in [2.75, 3.05) is 0 Å². The van der Waals surface area contributed by atoms with Gasteiger partial charge in [-0.05, 0) is 48.4 Å². The molecule has 25 heavy (non-hydrogen) atoms. The number of nitrogens with two attached hydrogens (primary N) is 1. The second kappa shape index (κ2) is 6.64. The van der Waals surface area contributed by atoms with Crippen molar-refractivity contribution in [3.05, 3.63) is 56.8 Å². The number of carbonyl (C=O) groups is 2. The molecule has 1 aromatic carbocycles. The maximum atomic E-state index is 13.2. The van der Waals surface area contributed by atoms with E-state index in [0.717, 1.165) is 28.8 Å². The molecule has 2 amide bonds. The minimum absolute atomic E-state index is 0.0589. The topological polar surface area (TPSA) is 63.4 Å². The van der Waals surface area contributed by atoms with Gasteiger partial charge in [-0.25, -0.2) is 0 Å². The zero-order chi connectivity index (χ0) is 17.4. The van der Waals surface area contributed by atoms with Crippen molar-refractivity contribution >= 4 is 23.2 Å². The van der Waals surface area contributed by atoms with Crippen LogP contribution in [0.1, 0.15) is 50.5 Å². The Kier molecular flexibility index (Phi) is 4.34. The number of aryl methyl sites for hydroxylation is 2. The van der Waals surface area contributed by atoms with Crippen LogP contribution in [0.4, 0.5) is 0 Å². The smallest absolute Gasteiger partial charge is 0.264 e. The molecule has 1 aliphatic carbocycles. The van der Waals surface area contributed by atoms with E-state index >= 15 is 0 Å². The Morgan fingerprint density at radius 2 is 1.80 bits per heavy atom. The summed E-state index contributed by atoms with van der Waals surface area (Å²) < 4.78 is 0. The Bertz CT molecular complexity index is 803. The predicted molar refractivity (Wildman–Crippen MR) is 98.6 cm³/mol. The summed E-state index contributed by atoms with van der Waals surface area (Å²) in [5, 5.41) is 0. The van der Waals surface area contributed by atoms with E-state index < -0.39 is 11.9 Å². The Hall–Kier alpha value is -2.14. The van der Waals surface area contributed by atoms with Crippen molar-refractivity contribution in [1.82, 2.24) is 4.90 Å². The lowest BCUT2D eigenvalue weighted by Gasteiger charge is -2.34. The maximum Gasteiger partial charge on any atom is 0.264 e. The van der Waals surface area contributed by atoms with Crippen molar-refractivity contribution in [2.45, 2.75) is 51.1 Å². The van der Waals surface area contributed by atoms with Crippen LogP contribution in [0.25, 0.3) is 0 Å². The highest BCUT2D eigenvalue weighted by Gasteiger charge is 2.34. The number of rotatable bonds is 2. The van der Waals surface area contributed by atoms with Gasteiger partial charge in [-0.2, -0.15) is 0 Å². The molecule has 1 unspecified atom stereocenters. The van der Waals surface area contributed by atoms with Crippen LogP contribution in [0.5, 0.6) is 0 Å². The minimum Gasteiger partial charge on any atom is -0.368 e. The van der Waals surface area contributed by atoms with E-state index in [4.69, 9.17) is 5.73 Å². The van der Waals surface area contributed by atoms with Gasteiger partial charge < -0.3 is 10.6 Å². The van der Waals surface area contributed by atoms with Crippen LogP contribution in [-0.2, 0) is 30.6 Å². The summed E-state index contributed by atoms with van der Waals surface area (Å²) in [5.41, 5.74) is 9.15. The lowest BCUT2D eigenvalue weighted by molar-refractivity contribution is -0.122. The number of amides is 2. The molecular weight excluding hydrogens is 332 g/mol. The number of primary amides is 1. The summed E-state index contributed by atoms with van der Waals surface area (Å²) in [5.74, 6) is -0.489. The molecule has 2 aromatic rings. The van der Waals surface area contributed by atoms with Gasteiger partial charge in [0.05, 0.1) is 4.88 Å². The van der Waals surface area contributed by atoms with E-state index in [1.54, 1.807) is 16.2 Å². The Labute approximate surface area is 151 Å². The van der Waals surface area contributed by atoms with Gasteiger partial charge in [0.1, 0.15) is 6.04 Å². The van der Waals surface area contributed by atoms with E-state index in [0.29, 0.717) is 13.0 Å². The number of hydrogen-bond acceptors (Lipinski definition) is 3. The highest BCUT2D eigenvalue weighted by atomic mass is 32.1. The number of thiophene rings is 1. The van der Waals surface area contributed by atoms with E-state index in [-0.39, 0.29) is 5.91 Å². The van der Waals surface area contributed by atoms with Gasteiger partial charge in [-0.15, -0.1) is 11.3 Å². The molecule has 0 radical (unpaired) electrons. The molecule has 5 heteroatoms. The largest absolute Gasteiger partial charge is 0.368 e. The van der Waals surface area contributed by atoms with Crippen LogP contribution < -0.4 is 5.73 Å². The van der Waals surface area contributed by atoms with Crippen molar-refractivity contribution in [3.63, 3.8) is 0 Å². The molecule has 4 rings (SSSR count). The van der Waals surface area contributed by atoms with Crippen LogP contribution in [0, 0.1) is 0 Å². The quantitative estimate of drug-likeness (QED) is 0.843. The molecule has 0 saturated heterocycles. The summed E-state index contributed by atoms with van der Waals surface area (Å²) in [4.78, 5) is 28.9. The lowest BCUT2D eigenvalue weighted by Crippen LogP contribution is -2.51. The molecule has 0 saturated carbocycles. The predicted octanol–water partition coefficient (Wildman–Crippen LogP) is 3.07. The molecule has 2 heterocycles. The zero-order valence-corrected chi connectivity index (χ0v) is 15.0. The first-order chi connectivity index (χ1) is 12.1. The summed E-state index contributed by atoms with van der Waals surface area (Å²) in [7, 11) is 0. The van der Waals surface area contributed by atoms with E-state index in [1.807, 2.05) is 30.3 Å². The zero-order valence-electron chi connectivity index (χ0n) is 14.2. The Morgan fingerprint density at radius 3 is 2.60 bits per heavy atom. The van der Waals surface area contributed by atoms with Gasteiger partial charge in [-0.1, -0.05) is 30.7 Å². The van der Waals surface area contributed by atoms with Gasteiger partial charge in [0.2, 0.25) is 5.91 Å². The number of hydrogen-bond donors (Lipinski definition) is 1. The standard InChI is InChI=1S/C20H22N2O2S/c21-19(23)16-10-13-6-4-5-8-15(13)12-22(16)20(24)18-11-14-7-2-1-3-9-17(14)25-18/h4-6,8,11,16H,1-3,7,9-10,12H2,(H2,21,23). The molecule has 1 aromatic heterocycles. The molecule has 1 aliphatic heterocycles. The Morgan fingerprint density at radius 1 is 1.04 bits per heavy atom. The maximum absolute atomic E-state index is 13.2. The fourth-order valence-corrected chi connectivity index (χ4v) is 5.11. The normalized spacial score (nSPS) is 19.7. The second-order valence-electron chi connectivity index (χ2n) is 6.94. The molecule has 1 atom stereocenters. The number of nitrogens with zero attached hydrogens (tertiary/aromatic N) is 1. The molecule has 2 aliphatic rings. The molecule has 130 valence electrons. The molecular formula is C20H22N2O2S. The number of fused-ring (bicyclic) bond motifs is 2. The third kappa shape index (κ3) is 3.09.